The van der Waals surface area contributed by atoms with Crippen LogP contribution in [-0.2, 0) is 0 Å². The fraction of sp³-hybridized carbons (Fsp3) is 0.926. The van der Waals surface area contributed by atoms with E-state index in [1.807, 2.05) is 0 Å². The Hall–Kier alpha value is 0.540. The van der Waals surface area contributed by atoms with Crippen molar-refractivity contribution in [3.8, 4) is 12.3 Å². The van der Waals surface area contributed by atoms with Gasteiger partial charge in [-0.3, -0.25) is 0 Å². The SMILES string of the molecule is C#CC[N+](CCCCCCCCCC)(CCCCCCCCCC)C(I)CCC.[Cl-]. The lowest BCUT2D eigenvalue weighted by Crippen LogP contribution is -3.00. The van der Waals surface area contributed by atoms with Gasteiger partial charge in [-0.1, -0.05) is 97.8 Å². The Morgan fingerprint density at radius 1 is 0.633 bits per heavy atom. The van der Waals surface area contributed by atoms with Crippen LogP contribution in [0.3, 0.4) is 0 Å². The summed E-state index contributed by atoms with van der Waals surface area (Å²) in [4.78, 5) is 0. The first-order valence-corrected chi connectivity index (χ1v) is 14.3. The zero-order chi connectivity index (χ0) is 21.6. The van der Waals surface area contributed by atoms with Crippen LogP contribution < -0.4 is 12.4 Å². The molecule has 0 aliphatic carbocycles. The van der Waals surface area contributed by atoms with Gasteiger partial charge in [0.15, 0.2) is 0 Å². The fourth-order valence-electron chi connectivity index (χ4n) is 4.46. The van der Waals surface area contributed by atoms with Crippen LogP contribution in [0, 0.1) is 12.3 Å². The zero-order valence-corrected chi connectivity index (χ0v) is 23.6. The van der Waals surface area contributed by atoms with Crippen LogP contribution in [0.5, 0.6) is 0 Å². The van der Waals surface area contributed by atoms with Crippen molar-refractivity contribution in [1.82, 2.24) is 0 Å². The standard InChI is InChI=1S/C27H53IN.ClH/c1-5-9-11-13-15-17-19-21-25-29(24-8-4,27(28)23-7-3)26-22-20-18-16-14-12-10-6-2;/h4,27H,5-7,9-26H2,1-3H3;1H/q+1;/p-1. The maximum Gasteiger partial charge on any atom is 0.141 e. The third-order valence-electron chi connectivity index (χ3n) is 6.44. The summed E-state index contributed by atoms with van der Waals surface area (Å²) >= 11 is 2.72. The van der Waals surface area contributed by atoms with E-state index >= 15 is 0 Å². The van der Waals surface area contributed by atoms with Gasteiger partial charge in [0.05, 0.1) is 13.1 Å². The third kappa shape index (κ3) is 17.1. The number of quaternary nitrogens is 1. The van der Waals surface area contributed by atoms with E-state index in [-0.39, 0.29) is 12.4 Å². The minimum absolute atomic E-state index is 0. The lowest BCUT2D eigenvalue weighted by molar-refractivity contribution is -0.928. The molecular formula is C27H53ClIN. The molecule has 0 aliphatic rings. The van der Waals surface area contributed by atoms with Gasteiger partial charge in [-0.15, -0.1) is 6.42 Å². The molecule has 0 saturated heterocycles. The molecule has 0 rings (SSSR count). The number of hydrogen-bond donors (Lipinski definition) is 0. The summed E-state index contributed by atoms with van der Waals surface area (Å²) in [6, 6.07) is 0. The summed E-state index contributed by atoms with van der Waals surface area (Å²) in [5, 5.41) is 0. The number of halogens is 2. The molecule has 3 heteroatoms. The maximum absolute atomic E-state index is 5.88. The quantitative estimate of drug-likeness (QED) is 0.0369. The Kier molecular flexibility index (Phi) is 26.4. The van der Waals surface area contributed by atoms with Crippen molar-refractivity contribution in [3.63, 3.8) is 0 Å². The van der Waals surface area contributed by atoms with Crippen LogP contribution in [0.4, 0.5) is 0 Å². The molecule has 0 bridgehead atoms. The van der Waals surface area contributed by atoms with Gasteiger partial charge in [-0.2, -0.15) is 0 Å². The molecular weight excluding hydrogens is 501 g/mol. The average molecular weight is 554 g/mol. The minimum atomic E-state index is 0. The van der Waals surface area contributed by atoms with Crippen molar-refractivity contribution in [2.75, 3.05) is 19.6 Å². The van der Waals surface area contributed by atoms with E-state index in [4.69, 9.17) is 6.42 Å². The van der Waals surface area contributed by atoms with E-state index in [9.17, 15) is 0 Å². The largest absolute Gasteiger partial charge is 1.00 e. The molecule has 1 unspecified atom stereocenters. The first kappa shape index (κ1) is 32.7. The molecule has 0 heterocycles. The Morgan fingerprint density at radius 2 is 1.00 bits per heavy atom. The monoisotopic (exact) mass is 553 g/mol. The van der Waals surface area contributed by atoms with Gasteiger partial charge in [-0.05, 0) is 60.6 Å². The molecule has 0 aromatic rings. The number of alkyl halides is 1. The lowest BCUT2D eigenvalue weighted by atomic mass is 10.1. The van der Waals surface area contributed by atoms with Gasteiger partial charge >= 0.3 is 0 Å². The summed E-state index contributed by atoms with van der Waals surface area (Å²) in [6.45, 7) is 10.4. The molecule has 0 spiro atoms. The number of rotatable bonds is 22. The fourth-order valence-corrected chi connectivity index (χ4v) is 5.84. The van der Waals surface area contributed by atoms with E-state index in [0.29, 0.717) is 4.05 Å². The van der Waals surface area contributed by atoms with E-state index in [1.165, 1.54) is 133 Å². The van der Waals surface area contributed by atoms with Gasteiger partial charge in [0, 0.05) is 6.42 Å². The van der Waals surface area contributed by atoms with Crippen molar-refractivity contribution in [2.24, 2.45) is 0 Å². The van der Waals surface area contributed by atoms with Gasteiger partial charge in [0.1, 0.15) is 10.6 Å². The van der Waals surface area contributed by atoms with Crippen molar-refractivity contribution in [1.29, 1.82) is 0 Å². The van der Waals surface area contributed by atoms with Crippen molar-refractivity contribution < 1.29 is 16.9 Å². The second-order valence-electron chi connectivity index (χ2n) is 9.20. The summed E-state index contributed by atoms with van der Waals surface area (Å²) in [5.41, 5.74) is 0. The molecule has 1 atom stereocenters. The molecule has 0 aromatic carbocycles. The lowest BCUT2D eigenvalue weighted by Gasteiger charge is -2.42. The third-order valence-corrected chi connectivity index (χ3v) is 8.25. The molecule has 30 heavy (non-hydrogen) atoms. The van der Waals surface area contributed by atoms with Crippen molar-refractivity contribution in [3.05, 3.63) is 0 Å². The molecule has 0 aliphatic heterocycles. The Morgan fingerprint density at radius 3 is 1.33 bits per heavy atom. The first-order valence-electron chi connectivity index (χ1n) is 13.1. The predicted molar refractivity (Wildman–Crippen MR) is 142 cm³/mol. The van der Waals surface area contributed by atoms with Crippen molar-refractivity contribution in [2.45, 2.75) is 140 Å². The van der Waals surface area contributed by atoms with Crippen LogP contribution >= 0.6 is 22.6 Å². The molecule has 0 fully saturated rings. The molecule has 0 amide bonds. The summed E-state index contributed by atoms with van der Waals surface area (Å²) < 4.78 is 1.86. The van der Waals surface area contributed by atoms with Gasteiger partial charge in [-0.25, -0.2) is 0 Å². The highest BCUT2D eigenvalue weighted by atomic mass is 127. The normalized spacial score (nSPS) is 12.4. The molecule has 180 valence electrons. The number of unbranched alkanes of at least 4 members (excludes halogenated alkanes) is 14. The smallest absolute Gasteiger partial charge is 0.141 e. The maximum atomic E-state index is 5.88. The molecule has 0 aromatic heterocycles. The highest BCUT2D eigenvalue weighted by Gasteiger charge is 2.32. The van der Waals surface area contributed by atoms with Crippen LogP contribution in [-0.4, -0.2) is 28.2 Å². The van der Waals surface area contributed by atoms with Gasteiger partial charge in [0.2, 0.25) is 0 Å². The molecule has 0 saturated carbocycles. The van der Waals surface area contributed by atoms with E-state index in [1.54, 1.807) is 0 Å². The summed E-state index contributed by atoms with van der Waals surface area (Å²) in [6.07, 6.45) is 30.9. The van der Waals surface area contributed by atoms with Crippen LogP contribution in [0.1, 0.15) is 136 Å². The predicted octanol–water partition coefficient (Wildman–Crippen LogP) is 6.28. The number of terminal acetylenes is 1. The van der Waals surface area contributed by atoms with E-state index < -0.39 is 0 Å². The van der Waals surface area contributed by atoms with E-state index in [2.05, 4.69) is 49.3 Å². The van der Waals surface area contributed by atoms with Crippen LogP contribution in [0.2, 0.25) is 0 Å². The average Bonchev–Trinajstić information content (AvgIpc) is 2.72. The Labute approximate surface area is 211 Å². The second-order valence-corrected chi connectivity index (χ2v) is 10.6. The first-order chi connectivity index (χ1) is 14.2. The number of hydrogen-bond acceptors (Lipinski definition) is 0. The summed E-state index contributed by atoms with van der Waals surface area (Å²) in [7, 11) is 0. The van der Waals surface area contributed by atoms with E-state index in [0.717, 1.165) is 6.54 Å². The van der Waals surface area contributed by atoms with Crippen molar-refractivity contribution >= 4 is 22.6 Å². The van der Waals surface area contributed by atoms with Crippen LogP contribution in [0.25, 0.3) is 0 Å². The Bertz CT molecular complexity index is 360. The highest BCUT2D eigenvalue weighted by molar-refractivity contribution is 14.1. The van der Waals surface area contributed by atoms with Crippen LogP contribution in [0.15, 0.2) is 0 Å². The van der Waals surface area contributed by atoms with Gasteiger partial charge < -0.3 is 16.9 Å². The molecule has 0 radical (unpaired) electrons. The van der Waals surface area contributed by atoms with Gasteiger partial charge in [0.25, 0.3) is 0 Å². The minimum Gasteiger partial charge on any atom is -1.00 e. The topological polar surface area (TPSA) is 0 Å². The molecule has 1 nitrogen and oxygen atoms in total. The summed E-state index contributed by atoms with van der Waals surface area (Å²) in [5.74, 6) is 3.07. The second kappa shape index (κ2) is 24.2. The number of nitrogens with zero attached hydrogens (tertiary/aromatic N) is 1. The molecule has 0 N–H and O–H groups in total. The highest BCUT2D eigenvalue weighted by Crippen LogP contribution is 2.27. The Balaban J connectivity index is 0. The zero-order valence-electron chi connectivity index (χ0n) is 20.7.